The predicted molar refractivity (Wildman–Crippen MR) is 40.3 cm³/mol. The van der Waals surface area contributed by atoms with E-state index in [1.807, 2.05) is 13.8 Å². The molecule has 0 aromatic rings. The molecule has 0 N–H and O–H groups in total. The molecule has 0 radical (unpaired) electrons. The van der Waals surface area contributed by atoms with Crippen LogP contribution in [0.3, 0.4) is 0 Å². The molecule has 0 aromatic carbocycles. The van der Waals surface area contributed by atoms with Gasteiger partial charge in [0.1, 0.15) is 6.17 Å². The lowest BCUT2D eigenvalue weighted by atomic mass is 10.1. The van der Waals surface area contributed by atoms with Crippen LogP contribution in [0.15, 0.2) is 0 Å². The molecule has 11 heavy (non-hydrogen) atoms. The number of hydrogen-bond acceptors (Lipinski definition) is 2. The fourth-order valence-electron chi connectivity index (χ4n) is 1.19. The van der Waals surface area contributed by atoms with Gasteiger partial charge in [0.05, 0.1) is 18.8 Å². The third kappa shape index (κ3) is 2.75. The van der Waals surface area contributed by atoms with Crippen molar-refractivity contribution in [3.05, 3.63) is 0 Å². The van der Waals surface area contributed by atoms with Crippen molar-refractivity contribution in [2.75, 3.05) is 13.2 Å². The predicted octanol–water partition coefficient (Wildman–Crippen LogP) is 1.54. The van der Waals surface area contributed by atoms with Crippen molar-refractivity contribution in [1.82, 2.24) is 0 Å². The number of hydrogen-bond donors (Lipinski definition) is 0. The van der Waals surface area contributed by atoms with Gasteiger partial charge in [-0.15, -0.1) is 0 Å². The standard InChI is InChI=1S/C8H15FO2/c1-6(2)11-8-3-4-10-5-7(8)9/h6-8H,3-5H2,1-2H3/t7-,8?/m0/s1. The maximum atomic E-state index is 13.0. The molecule has 2 nitrogen and oxygen atoms in total. The summed E-state index contributed by atoms with van der Waals surface area (Å²) in [6, 6.07) is 0. The molecule has 0 spiro atoms. The van der Waals surface area contributed by atoms with Crippen LogP contribution in [0.25, 0.3) is 0 Å². The van der Waals surface area contributed by atoms with Crippen LogP contribution >= 0.6 is 0 Å². The van der Waals surface area contributed by atoms with Crippen molar-refractivity contribution < 1.29 is 13.9 Å². The van der Waals surface area contributed by atoms with Crippen molar-refractivity contribution in [3.63, 3.8) is 0 Å². The van der Waals surface area contributed by atoms with E-state index < -0.39 is 6.17 Å². The minimum atomic E-state index is -0.939. The highest BCUT2D eigenvalue weighted by atomic mass is 19.1. The number of halogens is 1. The second kappa shape index (κ2) is 4.02. The van der Waals surface area contributed by atoms with Gasteiger partial charge in [0.15, 0.2) is 0 Å². The normalized spacial score (nSPS) is 32.7. The van der Waals surface area contributed by atoms with Gasteiger partial charge in [-0.1, -0.05) is 0 Å². The lowest BCUT2D eigenvalue weighted by molar-refractivity contribution is -0.103. The molecule has 66 valence electrons. The molecule has 1 aliphatic heterocycles. The van der Waals surface area contributed by atoms with E-state index in [1.54, 1.807) is 0 Å². The molecule has 1 rings (SSSR count). The highest BCUT2D eigenvalue weighted by Gasteiger charge is 2.26. The van der Waals surface area contributed by atoms with E-state index in [1.165, 1.54) is 0 Å². The van der Waals surface area contributed by atoms with Gasteiger partial charge < -0.3 is 9.47 Å². The molecular weight excluding hydrogens is 147 g/mol. The molecular formula is C8H15FO2. The molecule has 0 aliphatic carbocycles. The fraction of sp³-hybridized carbons (Fsp3) is 1.00. The molecule has 0 bridgehead atoms. The lowest BCUT2D eigenvalue weighted by Crippen LogP contribution is -2.37. The quantitative estimate of drug-likeness (QED) is 0.613. The Morgan fingerprint density at radius 1 is 1.55 bits per heavy atom. The molecule has 1 heterocycles. The van der Waals surface area contributed by atoms with E-state index in [0.717, 1.165) is 0 Å². The van der Waals surface area contributed by atoms with Gasteiger partial charge in [-0.2, -0.15) is 0 Å². The Labute approximate surface area is 66.7 Å². The Morgan fingerprint density at radius 2 is 2.27 bits per heavy atom. The third-order valence-corrected chi connectivity index (χ3v) is 1.67. The molecule has 1 unspecified atom stereocenters. The summed E-state index contributed by atoms with van der Waals surface area (Å²) in [5.74, 6) is 0. The summed E-state index contributed by atoms with van der Waals surface area (Å²) < 4.78 is 23.2. The summed E-state index contributed by atoms with van der Waals surface area (Å²) in [4.78, 5) is 0. The van der Waals surface area contributed by atoms with Crippen molar-refractivity contribution in [3.8, 4) is 0 Å². The Bertz CT molecular complexity index is 117. The first kappa shape index (κ1) is 8.94. The largest absolute Gasteiger partial charge is 0.378 e. The fourth-order valence-corrected chi connectivity index (χ4v) is 1.19. The number of rotatable bonds is 2. The number of alkyl halides is 1. The Kier molecular flexibility index (Phi) is 3.27. The maximum Gasteiger partial charge on any atom is 0.149 e. The third-order valence-electron chi connectivity index (χ3n) is 1.67. The van der Waals surface area contributed by atoms with Gasteiger partial charge in [0.2, 0.25) is 0 Å². The average Bonchev–Trinajstić information content (AvgIpc) is 1.93. The first-order valence-corrected chi connectivity index (χ1v) is 4.07. The Morgan fingerprint density at radius 3 is 2.82 bits per heavy atom. The zero-order valence-corrected chi connectivity index (χ0v) is 7.05. The topological polar surface area (TPSA) is 18.5 Å². The van der Waals surface area contributed by atoms with E-state index in [2.05, 4.69) is 0 Å². The highest BCUT2D eigenvalue weighted by molar-refractivity contribution is 4.73. The van der Waals surface area contributed by atoms with E-state index in [4.69, 9.17) is 9.47 Å². The summed E-state index contributed by atoms with van der Waals surface area (Å²) >= 11 is 0. The first-order valence-electron chi connectivity index (χ1n) is 4.07. The van der Waals surface area contributed by atoms with Crippen LogP contribution in [0.4, 0.5) is 4.39 Å². The molecule has 0 saturated carbocycles. The van der Waals surface area contributed by atoms with Gasteiger partial charge in [0.25, 0.3) is 0 Å². The SMILES string of the molecule is CC(C)OC1CCOC[C@@H]1F. The Hall–Kier alpha value is -0.150. The molecule has 1 fully saturated rings. The van der Waals surface area contributed by atoms with Crippen molar-refractivity contribution in [2.45, 2.75) is 38.6 Å². The van der Waals surface area contributed by atoms with Crippen LogP contribution < -0.4 is 0 Å². The number of ether oxygens (including phenoxy) is 2. The van der Waals surface area contributed by atoms with Crippen LogP contribution in [0.2, 0.25) is 0 Å². The summed E-state index contributed by atoms with van der Waals surface area (Å²) in [5.41, 5.74) is 0. The zero-order chi connectivity index (χ0) is 8.27. The van der Waals surface area contributed by atoms with Gasteiger partial charge in [-0.05, 0) is 20.3 Å². The van der Waals surface area contributed by atoms with Crippen molar-refractivity contribution in [1.29, 1.82) is 0 Å². The van der Waals surface area contributed by atoms with E-state index in [0.29, 0.717) is 13.0 Å². The van der Waals surface area contributed by atoms with Crippen molar-refractivity contribution in [2.24, 2.45) is 0 Å². The first-order chi connectivity index (χ1) is 5.20. The summed E-state index contributed by atoms with van der Waals surface area (Å²) in [5, 5.41) is 0. The molecule has 1 aliphatic rings. The smallest absolute Gasteiger partial charge is 0.149 e. The van der Waals surface area contributed by atoms with Gasteiger partial charge in [0, 0.05) is 6.61 Å². The minimum Gasteiger partial charge on any atom is -0.378 e. The highest BCUT2D eigenvalue weighted by Crippen LogP contribution is 2.16. The summed E-state index contributed by atoms with van der Waals surface area (Å²) in [6.07, 6.45) is -0.398. The van der Waals surface area contributed by atoms with Crippen LogP contribution in [0.1, 0.15) is 20.3 Å². The second-order valence-corrected chi connectivity index (χ2v) is 3.10. The van der Waals surface area contributed by atoms with Crippen LogP contribution in [-0.2, 0) is 9.47 Å². The Balaban J connectivity index is 2.29. The summed E-state index contributed by atoms with van der Waals surface area (Å²) in [7, 11) is 0. The van der Waals surface area contributed by atoms with Gasteiger partial charge in [-0.3, -0.25) is 0 Å². The average molecular weight is 162 g/mol. The van der Waals surface area contributed by atoms with Gasteiger partial charge in [-0.25, -0.2) is 4.39 Å². The molecule has 2 atom stereocenters. The monoisotopic (exact) mass is 162 g/mol. The van der Waals surface area contributed by atoms with E-state index in [9.17, 15) is 4.39 Å². The molecule has 0 amide bonds. The molecule has 3 heteroatoms. The van der Waals surface area contributed by atoms with E-state index in [-0.39, 0.29) is 18.8 Å². The van der Waals surface area contributed by atoms with Crippen molar-refractivity contribution >= 4 is 0 Å². The van der Waals surface area contributed by atoms with Crippen LogP contribution in [0, 0.1) is 0 Å². The maximum absolute atomic E-state index is 13.0. The molecule has 1 saturated heterocycles. The second-order valence-electron chi connectivity index (χ2n) is 3.10. The van der Waals surface area contributed by atoms with Gasteiger partial charge >= 0.3 is 0 Å². The van der Waals surface area contributed by atoms with Crippen LogP contribution in [0.5, 0.6) is 0 Å². The minimum absolute atomic E-state index is 0.108. The lowest BCUT2D eigenvalue weighted by Gasteiger charge is -2.27. The van der Waals surface area contributed by atoms with E-state index >= 15 is 0 Å². The zero-order valence-electron chi connectivity index (χ0n) is 7.05. The van der Waals surface area contributed by atoms with Crippen LogP contribution in [-0.4, -0.2) is 31.6 Å². The summed E-state index contributed by atoms with van der Waals surface area (Å²) in [6.45, 7) is 4.65. The molecule has 0 aromatic heterocycles.